The van der Waals surface area contributed by atoms with E-state index < -0.39 is 11.9 Å². The Morgan fingerprint density at radius 1 is 0.962 bits per heavy atom. The topological polar surface area (TPSA) is 59.4 Å². The summed E-state index contributed by atoms with van der Waals surface area (Å²) in [5.41, 5.74) is 3.46. The van der Waals surface area contributed by atoms with Gasteiger partial charge in [-0.1, -0.05) is 18.2 Å². The zero-order valence-corrected chi connectivity index (χ0v) is 13.3. The molecule has 1 heterocycles. The number of nitrogens with one attached hydrogen (secondary N) is 1. The van der Waals surface area contributed by atoms with Gasteiger partial charge in [-0.05, 0) is 48.0 Å². The Labute approximate surface area is 147 Å². The van der Waals surface area contributed by atoms with Crippen LogP contribution in [0.5, 0.6) is 11.8 Å². The molecule has 26 heavy (non-hydrogen) atoms. The van der Waals surface area contributed by atoms with E-state index in [0.717, 1.165) is 23.5 Å². The summed E-state index contributed by atoms with van der Waals surface area (Å²) in [5, 5.41) is 4.10. The average Bonchev–Trinajstić information content (AvgIpc) is 2.64. The SMILES string of the molecule is FC(F)(F)c1ccnc(Oc2ccc(C=NNc3ccccc3)cc2)n1. The van der Waals surface area contributed by atoms with Gasteiger partial charge in [0.15, 0.2) is 5.69 Å². The van der Waals surface area contributed by atoms with Crippen molar-refractivity contribution in [2.24, 2.45) is 5.10 Å². The Morgan fingerprint density at radius 2 is 1.69 bits per heavy atom. The molecule has 1 N–H and O–H groups in total. The van der Waals surface area contributed by atoms with Gasteiger partial charge in [-0.15, -0.1) is 0 Å². The fourth-order valence-electron chi connectivity index (χ4n) is 1.97. The van der Waals surface area contributed by atoms with Crippen LogP contribution in [0.3, 0.4) is 0 Å². The normalized spacial score (nSPS) is 11.5. The number of rotatable bonds is 5. The van der Waals surface area contributed by atoms with Crippen molar-refractivity contribution in [2.75, 3.05) is 5.43 Å². The molecule has 3 aromatic rings. The number of alkyl halides is 3. The maximum Gasteiger partial charge on any atom is 0.433 e. The van der Waals surface area contributed by atoms with Gasteiger partial charge >= 0.3 is 12.2 Å². The van der Waals surface area contributed by atoms with E-state index >= 15 is 0 Å². The van der Waals surface area contributed by atoms with Crippen LogP contribution in [0.25, 0.3) is 0 Å². The van der Waals surface area contributed by atoms with E-state index in [1.54, 1.807) is 30.5 Å². The number of hydrogen-bond acceptors (Lipinski definition) is 5. The van der Waals surface area contributed by atoms with Gasteiger partial charge in [-0.25, -0.2) is 4.98 Å². The summed E-state index contributed by atoms with van der Waals surface area (Å²) < 4.78 is 43.2. The molecule has 0 radical (unpaired) electrons. The van der Waals surface area contributed by atoms with Crippen LogP contribution in [0.2, 0.25) is 0 Å². The van der Waals surface area contributed by atoms with Crippen LogP contribution in [0.4, 0.5) is 18.9 Å². The second kappa shape index (κ2) is 7.64. The first kappa shape index (κ1) is 17.4. The lowest BCUT2D eigenvalue weighted by molar-refractivity contribution is -0.141. The molecular formula is C18H13F3N4O. The molecule has 1 aromatic heterocycles. The molecule has 0 amide bonds. The minimum atomic E-state index is -4.55. The van der Waals surface area contributed by atoms with Crippen LogP contribution >= 0.6 is 0 Å². The first-order valence-corrected chi connectivity index (χ1v) is 7.53. The molecule has 2 aromatic carbocycles. The Kier molecular flexibility index (Phi) is 5.12. The predicted molar refractivity (Wildman–Crippen MR) is 91.2 cm³/mol. The maximum absolute atomic E-state index is 12.6. The summed E-state index contributed by atoms with van der Waals surface area (Å²) in [6, 6.07) is 16.5. The molecule has 5 nitrogen and oxygen atoms in total. The monoisotopic (exact) mass is 358 g/mol. The van der Waals surface area contributed by atoms with Gasteiger partial charge < -0.3 is 4.74 Å². The Balaban J connectivity index is 1.63. The van der Waals surface area contributed by atoms with Gasteiger partial charge in [-0.2, -0.15) is 23.3 Å². The van der Waals surface area contributed by atoms with Crippen LogP contribution in [0, 0.1) is 0 Å². The molecular weight excluding hydrogens is 345 g/mol. The van der Waals surface area contributed by atoms with Crippen LogP contribution in [0.1, 0.15) is 11.3 Å². The van der Waals surface area contributed by atoms with E-state index in [2.05, 4.69) is 20.5 Å². The number of hydrazone groups is 1. The lowest BCUT2D eigenvalue weighted by Gasteiger charge is -2.07. The Bertz CT molecular complexity index is 881. The number of nitrogens with zero attached hydrogens (tertiary/aromatic N) is 3. The lowest BCUT2D eigenvalue weighted by Crippen LogP contribution is -2.08. The standard InChI is InChI=1S/C18H13F3N4O/c19-18(20,21)16-10-11-22-17(24-16)26-15-8-6-13(7-9-15)12-23-25-14-4-2-1-3-5-14/h1-12,25H. The first-order chi connectivity index (χ1) is 12.5. The van der Waals surface area contributed by atoms with Crippen LogP contribution in [0.15, 0.2) is 72.0 Å². The fourth-order valence-corrected chi connectivity index (χ4v) is 1.97. The number of hydrogen-bond donors (Lipinski definition) is 1. The summed E-state index contributed by atoms with van der Waals surface area (Å²) in [6.07, 6.45) is -1.94. The zero-order valence-electron chi connectivity index (χ0n) is 13.3. The van der Waals surface area contributed by atoms with Crippen molar-refractivity contribution < 1.29 is 17.9 Å². The smallest absolute Gasteiger partial charge is 0.424 e. The molecule has 0 atom stereocenters. The first-order valence-electron chi connectivity index (χ1n) is 7.53. The maximum atomic E-state index is 12.6. The molecule has 0 aliphatic rings. The predicted octanol–water partition coefficient (Wildman–Crippen LogP) is 4.73. The number of ether oxygens (including phenoxy) is 1. The molecule has 3 rings (SSSR count). The van der Waals surface area contributed by atoms with Gasteiger partial charge in [0.1, 0.15) is 5.75 Å². The highest BCUT2D eigenvalue weighted by Gasteiger charge is 2.33. The average molecular weight is 358 g/mol. The molecule has 0 spiro atoms. The highest BCUT2D eigenvalue weighted by molar-refractivity contribution is 5.80. The molecule has 0 saturated carbocycles. The van der Waals surface area contributed by atoms with E-state index in [1.807, 2.05) is 30.3 Å². The largest absolute Gasteiger partial charge is 0.433 e. The minimum absolute atomic E-state index is 0.317. The van der Waals surface area contributed by atoms with Gasteiger partial charge in [-0.3, -0.25) is 5.43 Å². The second-order valence-electron chi connectivity index (χ2n) is 5.13. The van der Waals surface area contributed by atoms with Crippen LogP contribution in [-0.2, 0) is 6.18 Å². The van der Waals surface area contributed by atoms with E-state index in [-0.39, 0.29) is 6.01 Å². The van der Waals surface area contributed by atoms with Gasteiger partial charge in [0.25, 0.3) is 0 Å². The van der Waals surface area contributed by atoms with Crippen molar-refractivity contribution in [3.8, 4) is 11.8 Å². The lowest BCUT2D eigenvalue weighted by atomic mass is 10.2. The molecule has 0 fully saturated rings. The van der Waals surface area contributed by atoms with Crippen molar-refractivity contribution in [3.05, 3.63) is 78.1 Å². The van der Waals surface area contributed by atoms with Crippen molar-refractivity contribution in [2.45, 2.75) is 6.18 Å². The van der Waals surface area contributed by atoms with Crippen LogP contribution in [-0.4, -0.2) is 16.2 Å². The number of aromatic nitrogens is 2. The molecule has 0 aliphatic carbocycles. The number of halogens is 3. The third-order valence-corrected chi connectivity index (χ3v) is 3.19. The van der Waals surface area contributed by atoms with E-state index in [4.69, 9.17) is 4.74 Å². The summed E-state index contributed by atoms with van der Waals surface area (Å²) in [6.45, 7) is 0. The summed E-state index contributed by atoms with van der Waals surface area (Å²) in [5.74, 6) is 0.317. The van der Waals surface area contributed by atoms with Crippen LogP contribution < -0.4 is 10.2 Å². The van der Waals surface area contributed by atoms with Crippen molar-refractivity contribution in [3.63, 3.8) is 0 Å². The molecule has 8 heteroatoms. The zero-order chi connectivity index (χ0) is 18.4. The van der Waals surface area contributed by atoms with Gasteiger partial charge in [0.05, 0.1) is 11.9 Å². The quantitative estimate of drug-likeness (QED) is 0.529. The number of benzene rings is 2. The fraction of sp³-hybridized carbons (Fsp3) is 0.0556. The Hall–Kier alpha value is -3.42. The molecule has 0 saturated heterocycles. The van der Waals surface area contributed by atoms with E-state index in [1.165, 1.54) is 0 Å². The third-order valence-electron chi connectivity index (χ3n) is 3.19. The van der Waals surface area contributed by atoms with Gasteiger partial charge in [0.2, 0.25) is 0 Å². The molecule has 0 unspecified atom stereocenters. The Morgan fingerprint density at radius 3 is 2.38 bits per heavy atom. The molecule has 0 aliphatic heterocycles. The molecule has 132 valence electrons. The van der Waals surface area contributed by atoms with Crippen molar-refractivity contribution in [1.82, 2.24) is 9.97 Å². The summed E-state index contributed by atoms with van der Waals surface area (Å²) >= 11 is 0. The van der Waals surface area contributed by atoms with E-state index in [0.29, 0.717) is 5.75 Å². The summed E-state index contributed by atoms with van der Waals surface area (Å²) in [4.78, 5) is 7.03. The van der Waals surface area contributed by atoms with Gasteiger partial charge in [0, 0.05) is 6.20 Å². The summed E-state index contributed by atoms with van der Waals surface area (Å²) in [7, 11) is 0. The number of para-hydroxylation sites is 1. The van der Waals surface area contributed by atoms with Crippen molar-refractivity contribution in [1.29, 1.82) is 0 Å². The second-order valence-corrected chi connectivity index (χ2v) is 5.13. The van der Waals surface area contributed by atoms with E-state index in [9.17, 15) is 13.2 Å². The number of anilines is 1. The highest BCUT2D eigenvalue weighted by Crippen LogP contribution is 2.28. The highest BCUT2D eigenvalue weighted by atomic mass is 19.4. The molecule has 0 bridgehead atoms. The van der Waals surface area contributed by atoms with Crippen molar-refractivity contribution >= 4 is 11.9 Å². The third kappa shape index (κ3) is 4.79. The minimum Gasteiger partial charge on any atom is -0.424 e.